The van der Waals surface area contributed by atoms with Crippen LogP contribution in [-0.4, -0.2) is 49.0 Å². The fourth-order valence-corrected chi connectivity index (χ4v) is 3.30. The summed E-state index contributed by atoms with van der Waals surface area (Å²) in [4.78, 5) is 30.9. The van der Waals surface area contributed by atoms with Crippen molar-refractivity contribution in [2.24, 2.45) is 5.92 Å². The predicted octanol–water partition coefficient (Wildman–Crippen LogP) is 3.66. The number of hydrogen-bond acceptors (Lipinski definition) is 6. The summed E-state index contributed by atoms with van der Waals surface area (Å²) < 4.78 is 5.28. The van der Waals surface area contributed by atoms with Crippen molar-refractivity contribution in [1.82, 2.24) is 15.3 Å². The summed E-state index contributed by atoms with van der Waals surface area (Å²) in [7, 11) is 1.72. The van der Waals surface area contributed by atoms with Gasteiger partial charge >= 0.3 is 0 Å². The first-order valence-electron chi connectivity index (χ1n) is 10.7. The molecule has 1 aliphatic rings. The minimum Gasteiger partial charge on any atom is -0.381 e. The van der Waals surface area contributed by atoms with E-state index in [0.717, 1.165) is 55.5 Å². The number of benzene rings is 1. The Balaban J connectivity index is 0.000000233. The highest BCUT2D eigenvalue weighted by Crippen LogP contribution is 2.17. The van der Waals surface area contributed by atoms with Gasteiger partial charge in [0.2, 0.25) is 0 Å². The highest BCUT2D eigenvalue weighted by atomic mass is 16.5. The fraction of sp³-hybridized carbons (Fsp3) is 0.417. The second kappa shape index (κ2) is 13.3. The van der Waals surface area contributed by atoms with E-state index in [9.17, 15) is 9.59 Å². The molecule has 0 atom stereocenters. The summed E-state index contributed by atoms with van der Waals surface area (Å²) in [5.74, 6) is 0.818. The molecule has 166 valence electrons. The number of aldehydes is 1. The zero-order valence-electron chi connectivity index (χ0n) is 18.6. The number of amides is 1. The maximum Gasteiger partial charge on any atom is 0.273 e. The number of anilines is 1. The zero-order valence-corrected chi connectivity index (χ0v) is 18.6. The topological polar surface area (TPSA) is 93.2 Å². The van der Waals surface area contributed by atoms with Crippen molar-refractivity contribution in [3.8, 4) is 0 Å². The molecular formula is C24H32N4O3. The van der Waals surface area contributed by atoms with E-state index in [0.29, 0.717) is 24.0 Å². The Hall–Kier alpha value is -3.06. The smallest absolute Gasteiger partial charge is 0.273 e. The van der Waals surface area contributed by atoms with Crippen LogP contribution in [0.25, 0.3) is 5.57 Å². The Labute approximate surface area is 184 Å². The summed E-state index contributed by atoms with van der Waals surface area (Å²) in [5.41, 5.74) is 3.32. The molecule has 1 aromatic carbocycles. The van der Waals surface area contributed by atoms with Crippen LogP contribution in [0.3, 0.4) is 0 Å². The minimum atomic E-state index is -0.182. The highest BCUT2D eigenvalue weighted by molar-refractivity contribution is 6.07. The van der Waals surface area contributed by atoms with Gasteiger partial charge in [-0.2, -0.15) is 0 Å². The molecule has 31 heavy (non-hydrogen) atoms. The number of rotatable bonds is 7. The molecule has 0 aliphatic carbocycles. The van der Waals surface area contributed by atoms with Gasteiger partial charge in [-0.1, -0.05) is 37.3 Å². The third-order valence-corrected chi connectivity index (χ3v) is 5.05. The van der Waals surface area contributed by atoms with E-state index in [1.165, 1.54) is 6.20 Å². The number of allylic oxidation sites excluding steroid dienone is 2. The number of carbonyl (C=O) groups excluding carboxylic acids is 2. The predicted molar refractivity (Wildman–Crippen MR) is 123 cm³/mol. The lowest BCUT2D eigenvalue weighted by Crippen LogP contribution is -2.33. The Bertz CT molecular complexity index is 877. The summed E-state index contributed by atoms with van der Waals surface area (Å²) in [6.07, 6.45) is 8.84. The normalized spacial score (nSPS) is 14.2. The van der Waals surface area contributed by atoms with Crippen molar-refractivity contribution in [3.05, 3.63) is 59.6 Å². The molecule has 7 nitrogen and oxygen atoms in total. The molecule has 2 N–H and O–H groups in total. The number of aryl methyl sites for hydroxylation is 1. The van der Waals surface area contributed by atoms with Crippen molar-refractivity contribution >= 4 is 23.6 Å². The third-order valence-electron chi connectivity index (χ3n) is 5.05. The molecule has 0 saturated carbocycles. The first-order chi connectivity index (χ1) is 15.1. The van der Waals surface area contributed by atoms with Gasteiger partial charge in [-0.3, -0.25) is 9.59 Å². The summed E-state index contributed by atoms with van der Waals surface area (Å²) in [6, 6.07) is 7.93. The molecule has 1 saturated heterocycles. The van der Waals surface area contributed by atoms with Crippen LogP contribution in [-0.2, 0) is 9.53 Å². The van der Waals surface area contributed by atoms with E-state index in [1.54, 1.807) is 13.2 Å². The van der Waals surface area contributed by atoms with E-state index in [-0.39, 0.29) is 5.91 Å². The van der Waals surface area contributed by atoms with Crippen LogP contribution in [0.2, 0.25) is 0 Å². The van der Waals surface area contributed by atoms with Crippen LogP contribution in [0.5, 0.6) is 0 Å². The second-order valence-electron chi connectivity index (χ2n) is 7.27. The van der Waals surface area contributed by atoms with Crippen molar-refractivity contribution in [3.63, 3.8) is 0 Å². The van der Waals surface area contributed by atoms with Crippen molar-refractivity contribution < 1.29 is 14.3 Å². The van der Waals surface area contributed by atoms with E-state index in [4.69, 9.17) is 4.74 Å². The number of ether oxygens (including phenoxy) is 1. The van der Waals surface area contributed by atoms with Gasteiger partial charge in [-0.05, 0) is 43.2 Å². The van der Waals surface area contributed by atoms with Crippen LogP contribution in [0.1, 0.15) is 47.8 Å². The van der Waals surface area contributed by atoms with Gasteiger partial charge in [-0.15, -0.1) is 0 Å². The summed E-state index contributed by atoms with van der Waals surface area (Å²) >= 11 is 0. The van der Waals surface area contributed by atoms with E-state index >= 15 is 0 Å². The van der Waals surface area contributed by atoms with Gasteiger partial charge in [0.1, 0.15) is 6.29 Å². The maximum atomic E-state index is 12.0. The standard InChI is InChI=1S/C12H18N4O2.C12H14O/c1-13-11-10(14-4-5-15-11)12(17)16-8-9-2-6-18-7-3-9;1-3-6-11(9-13)12-8-5-4-7-10(12)2/h4-5,9H,2-3,6-8H2,1H3,(H,13,15)(H,16,17);4-9H,3H2,1-2H3/b;11-6-. The molecule has 1 fully saturated rings. The van der Waals surface area contributed by atoms with Gasteiger partial charge < -0.3 is 15.4 Å². The molecule has 1 aromatic heterocycles. The van der Waals surface area contributed by atoms with Crippen LogP contribution in [0, 0.1) is 12.8 Å². The molecule has 0 unspecified atom stereocenters. The van der Waals surface area contributed by atoms with Crippen LogP contribution in [0.4, 0.5) is 5.82 Å². The Morgan fingerprint density at radius 3 is 2.55 bits per heavy atom. The van der Waals surface area contributed by atoms with Gasteiger partial charge in [-0.25, -0.2) is 9.97 Å². The Morgan fingerprint density at radius 2 is 1.90 bits per heavy atom. The molecule has 2 heterocycles. The molecule has 0 spiro atoms. The van der Waals surface area contributed by atoms with Gasteiger partial charge in [0.15, 0.2) is 11.5 Å². The summed E-state index contributed by atoms with van der Waals surface area (Å²) in [5, 5.41) is 5.77. The average molecular weight is 425 g/mol. The first kappa shape index (κ1) is 24.2. The average Bonchev–Trinajstić information content (AvgIpc) is 2.82. The SMILES string of the molecule is CC/C=C(/C=O)c1ccccc1C.CNc1nccnc1C(=O)NCC1CCOCC1. The van der Waals surface area contributed by atoms with Crippen molar-refractivity contribution in [2.45, 2.75) is 33.1 Å². The van der Waals surface area contributed by atoms with Crippen molar-refractivity contribution in [2.75, 3.05) is 32.1 Å². The summed E-state index contributed by atoms with van der Waals surface area (Å²) in [6.45, 7) is 6.28. The molecule has 0 radical (unpaired) electrons. The van der Waals surface area contributed by atoms with Gasteiger partial charge in [0.25, 0.3) is 5.91 Å². The van der Waals surface area contributed by atoms with Crippen LogP contribution >= 0.6 is 0 Å². The zero-order chi connectivity index (χ0) is 22.5. The van der Waals surface area contributed by atoms with E-state index < -0.39 is 0 Å². The largest absolute Gasteiger partial charge is 0.381 e. The second-order valence-corrected chi connectivity index (χ2v) is 7.27. The minimum absolute atomic E-state index is 0.182. The number of carbonyl (C=O) groups is 2. The van der Waals surface area contributed by atoms with Crippen LogP contribution < -0.4 is 10.6 Å². The molecular weight excluding hydrogens is 392 g/mol. The number of nitrogens with zero attached hydrogens (tertiary/aromatic N) is 2. The highest BCUT2D eigenvalue weighted by Gasteiger charge is 2.17. The lowest BCUT2D eigenvalue weighted by Gasteiger charge is -2.22. The molecule has 1 amide bonds. The van der Waals surface area contributed by atoms with Crippen molar-refractivity contribution in [1.29, 1.82) is 0 Å². The Kier molecular flexibility index (Phi) is 10.4. The molecule has 2 aromatic rings. The van der Waals surface area contributed by atoms with E-state index in [2.05, 4.69) is 20.6 Å². The molecule has 3 rings (SSSR count). The molecule has 7 heteroatoms. The third kappa shape index (κ3) is 7.61. The van der Waals surface area contributed by atoms with E-state index in [1.807, 2.05) is 44.2 Å². The number of aromatic nitrogens is 2. The number of nitrogens with one attached hydrogen (secondary N) is 2. The lowest BCUT2D eigenvalue weighted by atomic mass is 10.0. The maximum absolute atomic E-state index is 12.0. The first-order valence-corrected chi connectivity index (χ1v) is 10.7. The number of hydrogen-bond donors (Lipinski definition) is 2. The Morgan fingerprint density at radius 1 is 1.19 bits per heavy atom. The van der Waals surface area contributed by atoms with Crippen LogP contribution in [0.15, 0.2) is 42.7 Å². The lowest BCUT2D eigenvalue weighted by molar-refractivity contribution is -0.103. The monoisotopic (exact) mass is 424 g/mol. The van der Waals surface area contributed by atoms with Gasteiger partial charge in [0, 0.05) is 44.8 Å². The quantitative estimate of drug-likeness (QED) is 0.520. The van der Waals surface area contributed by atoms with Gasteiger partial charge in [0.05, 0.1) is 0 Å². The molecule has 1 aliphatic heterocycles. The fourth-order valence-electron chi connectivity index (χ4n) is 3.30. The molecule has 0 bridgehead atoms.